The number of hydrogen-bond acceptors (Lipinski definition) is 4. The highest BCUT2D eigenvalue weighted by Crippen LogP contribution is 2.39. The Balaban J connectivity index is 3.48. The number of esters is 1. The molecule has 0 unspecified atom stereocenters. The summed E-state index contributed by atoms with van der Waals surface area (Å²) in [5, 5.41) is 10.6. The van der Waals surface area contributed by atoms with Crippen molar-refractivity contribution in [1.82, 2.24) is 0 Å². The van der Waals surface area contributed by atoms with Crippen LogP contribution in [0.1, 0.15) is 69.4 Å². The monoisotopic (exact) mass is 306 g/mol. The zero-order valence-electron chi connectivity index (χ0n) is 14.5. The van der Waals surface area contributed by atoms with Gasteiger partial charge < -0.3 is 9.84 Å². The van der Waals surface area contributed by atoms with Crippen LogP contribution in [0, 0.1) is 0 Å². The van der Waals surface area contributed by atoms with Gasteiger partial charge in [-0.2, -0.15) is 0 Å². The maximum atomic E-state index is 12.3. The van der Waals surface area contributed by atoms with Gasteiger partial charge >= 0.3 is 5.97 Å². The minimum atomic E-state index is -0.562. The van der Waals surface area contributed by atoms with Crippen molar-refractivity contribution in [2.24, 2.45) is 0 Å². The van der Waals surface area contributed by atoms with Crippen molar-refractivity contribution in [3.63, 3.8) is 0 Å². The van der Waals surface area contributed by atoms with E-state index in [2.05, 4.69) is 4.74 Å². The van der Waals surface area contributed by atoms with Gasteiger partial charge in [0.2, 0.25) is 0 Å². The van der Waals surface area contributed by atoms with Crippen LogP contribution in [-0.4, -0.2) is 24.0 Å². The number of benzene rings is 1. The molecule has 0 aliphatic heterocycles. The third kappa shape index (κ3) is 4.09. The number of methoxy groups -OCH3 is 1. The minimum Gasteiger partial charge on any atom is -0.507 e. The molecule has 0 saturated heterocycles. The van der Waals surface area contributed by atoms with Gasteiger partial charge in [0.15, 0.2) is 5.78 Å². The quantitative estimate of drug-likeness (QED) is 0.525. The number of ether oxygens (including phenoxy) is 1. The fourth-order valence-electron chi connectivity index (χ4n) is 2.24. The highest BCUT2D eigenvalue weighted by molar-refractivity contribution is 6.06. The molecule has 0 spiro atoms. The topological polar surface area (TPSA) is 63.6 Å². The molecule has 0 heterocycles. The lowest BCUT2D eigenvalue weighted by Crippen LogP contribution is -2.19. The first kappa shape index (κ1) is 18.2. The summed E-state index contributed by atoms with van der Waals surface area (Å²) in [6, 6.07) is 3.35. The summed E-state index contributed by atoms with van der Waals surface area (Å²) in [6.45, 7) is 11.9. The normalized spacial score (nSPS) is 12.1. The molecule has 0 radical (unpaired) electrons. The molecule has 0 fully saturated rings. The highest BCUT2D eigenvalue weighted by atomic mass is 16.5. The number of carbonyl (C=O) groups excluding carboxylic acids is 2. The van der Waals surface area contributed by atoms with E-state index in [1.54, 1.807) is 12.1 Å². The van der Waals surface area contributed by atoms with Crippen LogP contribution in [0.4, 0.5) is 0 Å². The summed E-state index contributed by atoms with van der Waals surface area (Å²) in [6.07, 6.45) is -0.297. The SMILES string of the molecule is COC(=O)CC(=O)c1cc(C(C)(C)C)c(O)c(C(C)(C)C)c1. The first-order valence-corrected chi connectivity index (χ1v) is 7.36. The summed E-state index contributed by atoms with van der Waals surface area (Å²) < 4.78 is 4.55. The molecular weight excluding hydrogens is 280 g/mol. The number of hydrogen-bond donors (Lipinski definition) is 1. The second-order valence-corrected chi connectivity index (χ2v) is 7.60. The Labute approximate surface area is 132 Å². The molecule has 1 rings (SSSR count). The molecule has 1 aromatic carbocycles. The maximum Gasteiger partial charge on any atom is 0.313 e. The molecule has 4 heteroatoms. The first-order chi connectivity index (χ1) is 9.87. The van der Waals surface area contributed by atoms with E-state index in [0.717, 1.165) is 0 Å². The van der Waals surface area contributed by atoms with Gasteiger partial charge in [0.25, 0.3) is 0 Å². The molecule has 0 amide bonds. The molecule has 0 aliphatic carbocycles. The van der Waals surface area contributed by atoms with Gasteiger partial charge in [-0.1, -0.05) is 41.5 Å². The van der Waals surface area contributed by atoms with Crippen LogP contribution in [0.5, 0.6) is 5.75 Å². The van der Waals surface area contributed by atoms with Gasteiger partial charge in [-0.25, -0.2) is 0 Å². The van der Waals surface area contributed by atoms with Crippen LogP contribution in [0.15, 0.2) is 12.1 Å². The number of rotatable bonds is 3. The van der Waals surface area contributed by atoms with Gasteiger partial charge in [0, 0.05) is 16.7 Å². The highest BCUT2D eigenvalue weighted by Gasteiger charge is 2.28. The summed E-state index contributed by atoms with van der Waals surface area (Å²) in [7, 11) is 1.26. The van der Waals surface area contributed by atoms with Crippen molar-refractivity contribution in [3.05, 3.63) is 28.8 Å². The first-order valence-electron chi connectivity index (χ1n) is 7.36. The van der Waals surface area contributed by atoms with Crippen molar-refractivity contribution < 1.29 is 19.4 Å². The average Bonchev–Trinajstić information content (AvgIpc) is 2.35. The van der Waals surface area contributed by atoms with Crippen molar-refractivity contribution >= 4 is 11.8 Å². The Morgan fingerprint density at radius 1 is 1.00 bits per heavy atom. The van der Waals surface area contributed by atoms with Crippen molar-refractivity contribution in [2.75, 3.05) is 7.11 Å². The van der Waals surface area contributed by atoms with E-state index in [4.69, 9.17) is 0 Å². The lowest BCUT2D eigenvalue weighted by molar-refractivity contribution is -0.139. The molecule has 1 N–H and O–H groups in total. The van der Waals surface area contributed by atoms with Crippen molar-refractivity contribution in [2.45, 2.75) is 58.8 Å². The average molecular weight is 306 g/mol. The Morgan fingerprint density at radius 3 is 1.73 bits per heavy atom. The standard InChI is InChI=1S/C18H26O4/c1-17(2,3)12-8-11(14(19)10-15(20)22-7)9-13(16(12)21)18(4,5)6/h8-9,21H,10H2,1-7H3. The number of phenols is 1. The number of ketones is 1. The second kappa shape index (κ2) is 6.11. The number of carbonyl (C=O) groups is 2. The van der Waals surface area contributed by atoms with Crippen LogP contribution in [-0.2, 0) is 20.4 Å². The number of aromatic hydroxyl groups is 1. The van der Waals surface area contributed by atoms with E-state index in [1.165, 1.54) is 7.11 Å². The van der Waals surface area contributed by atoms with Gasteiger partial charge in [-0.3, -0.25) is 9.59 Å². The summed E-state index contributed by atoms with van der Waals surface area (Å²) >= 11 is 0. The van der Waals surface area contributed by atoms with Crippen molar-refractivity contribution in [1.29, 1.82) is 0 Å². The van der Waals surface area contributed by atoms with E-state index in [-0.39, 0.29) is 28.8 Å². The third-order valence-electron chi connectivity index (χ3n) is 3.58. The van der Waals surface area contributed by atoms with Gasteiger partial charge in [0.1, 0.15) is 12.2 Å². The molecule has 0 bridgehead atoms. The summed E-state index contributed by atoms with van der Waals surface area (Å²) in [5.41, 5.74) is 1.21. The molecule has 4 nitrogen and oxygen atoms in total. The van der Waals surface area contributed by atoms with E-state index in [1.807, 2.05) is 41.5 Å². The predicted molar refractivity (Wildman–Crippen MR) is 86.5 cm³/mol. The molecule has 22 heavy (non-hydrogen) atoms. The van der Waals surface area contributed by atoms with Crippen molar-refractivity contribution in [3.8, 4) is 5.75 Å². The predicted octanol–water partition coefficient (Wildman–Crippen LogP) is 3.73. The largest absolute Gasteiger partial charge is 0.507 e. The van der Waals surface area contributed by atoms with Crippen LogP contribution in [0.2, 0.25) is 0 Å². The Morgan fingerprint density at radius 2 is 1.41 bits per heavy atom. The molecule has 0 aliphatic rings. The van der Waals surface area contributed by atoms with E-state index in [0.29, 0.717) is 16.7 Å². The smallest absolute Gasteiger partial charge is 0.313 e. The fourth-order valence-corrected chi connectivity index (χ4v) is 2.24. The van der Waals surface area contributed by atoms with E-state index < -0.39 is 5.97 Å². The molecule has 0 atom stereocenters. The van der Waals surface area contributed by atoms with Crippen LogP contribution in [0.3, 0.4) is 0 Å². The summed E-state index contributed by atoms with van der Waals surface area (Å²) in [5.74, 6) is -0.648. The van der Waals surface area contributed by atoms with Gasteiger partial charge in [-0.15, -0.1) is 0 Å². The van der Waals surface area contributed by atoms with Gasteiger partial charge in [-0.05, 0) is 23.0 Å². The zero-order chi connectivity index (χ0) is 17.3. The molecule has 0 saturated carbocycles. The lowest BCUT2D eigenvalue weighted by Gasteiger charge is -2.28. The maximum absolute atomic E-state index is 12.3. The number of phenolic OH excluding ortho intramolecular Hbond substituents is 1. The number of Topliss-reactive ketones (excluding diaryl/α,β-unsaturated/α-hetero) is 1. The van der Waals surface area contributed by atoms with E-state index >= 15 is 0 Å². The Bertz CT molecular complexity index is 551. The Kier molecular flexibility index (Phi) is 5.06. The molecule has 0 aromatic heterocycles. The molecule has 122 valence electrons. The zero-order valence-corrected chi connectivity index (χ0v) is 14.5. The minimum absolute atomic E-state index is 0.217. The van der Waals surface area contributed by atoms with Crippen LogP contribution in [0.25, 0.3) is 0 Å². The van der Waals surface area contributed by atoms with E-state index in [9.17, 15) is 14.7 Å². The Hall–Kier alpha value is -1.84. The fraction of sp³-hybridized carbons (Fsp3) is 0.556. The summed E-state index contributed by atoms with van der Waals surface area (Å²) in [4.78, 5) is 23.6. The third-order valence-corrected chi connectivity index (χ3v) is 3.58. The molecule has 1 aromatic rings. The van der Waals surface area contributed by atoms with Crippen LogP contribution >= 0.6 is 0 Å². The lowest BCUT2D eigenvalue weighted by atomic mass is 9.78. The van der Waals surface area contributed by atoms with Gasteiger partial charge in [0.05, 0.1) is 7.11 Å². The second-order valence-electron chi connectivity index (χ2n) is 7.60. The molecular formula is C18H26O4. The van der Waals surface area contributed by atoms with Crippen LogP contribution < -0.4 is 0 Å².